The number of hydrogen-bond donors (Lipinski definition) is 3. The zero-order valence-corrected chi connectivity index (χ0v) is 13.8. The SMILES string of the molecule is CC(C)(C)OC(=O)NCC(=O)Nc1ccc(NC(=O)CC#N)cc1. The van der Waals surface area contributed by atoms with E-state index in [1.165, 1.54) is 0 Å². The molecule has 0 heterocycles. The van der Waals surface area contributed by atoms with Gasteiger partial charge in [0, 0.05) is 11.4 Å². The summed E-state index contributed by atoms with van der Waals surface area (Å²) < 4.78 is 5.02. The third kappa shape index (κ3) is 7.79. The molecule has 0 spiro atoms. The van der Waals surface area contributed by atoms with Crippen molar-refractivity contribution in [3.05, 3.63) is 24.3 Å². The Morgan fingerprint density at radius 3 is 2.00 bits per heavy atom. The van der Waals surface area contributed by atoms with Gasteiger partial charge in [0.1, 0.15) is 18.6 Å². The highest BCUT2D eigenvalue weighted by molar-refractivity contribution is 5.95. The molecule has 24 heavy (non-hydrogen) atoms. The summed E-state index contributed by atoms with van der Waals surface area (Å²) in [5, 5.41) is 15.9. The van der Waals surface area contributed by atoms with Crippen LogP contribution in [0.5, 0.6) is 0 Å². The van der Waals surface area contributed by atoms with Crippen LogP contribution in [0.1, 0.15) is 27.2 Å². The predicted molar refractivity (Wildman–Crippen MR) is 88.2 cm³/mol. The molecule has 8 nitrogen and oxygen atoms in total. The minimum Gasteiger partial charge on any atom is -0.444 e. The first-order valence-corrected chi connectivity index (χ1v) is 7.23. The van der Waals surface area contributed by atoms with Crippen molar-refractivity contribution in [2.24, 2.45) is 0 Å². The Morgan fingerprint density at radius 2 is 1.54 bits per heavy atom. The lowest BCUT2D eigenvalue weighted by Gasteiger charge is -2.19. The molecule has 0 unspecified atom stereocenters. The molecule has 0 aliphatic heterocycles. The molecular weight excluding hydrogens is 312 g/mol. The van der Waals surface area contributed by atoms with E-state index in [2.05, 4.69) is 16.0 Å². The molecule has 0 aliphatic carbocycles. The third-order valence-corrected chi connectivity index (χ3v) is 2.48. The van der Waals surface area contributed by atoms with Gasteiger partial charge in [0.05, 0.1) is 6.07 Å². The first kappa shape index (κ1) is 19.0. The predicted octanol–water partition coefficient (Wildman–Crippen LogP) is 2.00. The maximum atomic E-state index is 11.7. The van der Waals surface area contributed by atoms with Gasteiger partial charge in [-0.2, -0.15) is 5.26 Å². The van der Waals surface area contributed by atoms with Gasteiger partial charge in [0.15, 0.2) is 0 Å². The number of alkyl carbamates (subject to hydrolysis) is 1. The van der Waals surface area contributed by atoms with Crippen molar-refractivity contribution in [3.8, 4) is 6.07 Å². The second kappa shape index (κ2) is 8.53. The summed E-state index contributed by atoms with van der Waals surface area (Å²) in [6.07, 6.45) is -0.900. The number of anilines is 2. The largest absolute Gasteiger partial charge is 0.444 e. The number of ether oxygens (including phenoxy) is 1. The molecule has 1 aromatic rings. The van der Waals surface area contributed by atoms with Gasteiger partial charge >= 0.3 is 6.09 Å². The van der Waals surface area contributed by atoms with E-state index in [0.29, 0.717) is 11.4 Å². The molecule has 8 heteroatoms. The topological polar surface area (TPSA) is 120 Å². The van der Waals surface area contributed by atoms with Crippen LogP contribution in [0.4, 0.5) is 16.2 Å². The molecule has 0 atom stereocenters. The smallest absolute Gasteiger partial charge is 0.408 e. The highest BCUT2D eigenvalue weighted by Gasteiger charge is 2.16. The van der Waals surface area contributed by atoms with Crippen molar-refractivity contribution in [1.29, 1.82) is 5.26 Å². The molecule has 128 valence electrons. The van der Waals surface area contributed by atoms with Crippen molar-refractivity contribution in [1.82, 2.24) is 5.32 Å². The Morgan fingerprint density at radius 1 is 1.04 bits per heavy atom. The van der Waals surface area contributed by atoms with E-state index in [1.54, 1.807) is 51.1 Å². The first-order valence-electron chi connectivity index (χ1n) is 7.23. The van der Waals surface area contributed by atoms with Crippen LogP contribution in [-0.2, 0) is 14.3 Å². The van der Waals surface area contributed by atoms with Crippen molar-refractivity contribution in [3.63, 3.8) is 0 Å². The fraction of sp³-hybridized carbons (Fsp3) is 0.375. The highest BCUT2D eigenvalue weighted by Crippen LogP contribution is 2.13. The van der Waals surface area contributed by atoms with E-state index >= 15 is 0 Å². The number of nitriles is 1. The number of carbonyl (C=O) groups is 3. The summed E-state index contributed by atoms with van der Waals surface area (Å²) in [6.45, 7) is 4.95. The summed E-state index contributed by atoms with van der Waals surface area (Å²) in [5.74, 6) is -0.821. The second-order valence-corrected chi connectivity index (χ2v) is 5.86. The zero-order valence-electron chi connectivity index (χ0n) is 13.8. The average molecular weight is 332 g/mol. The standard InChI is InChI=1S/C16H20N4O4/c1-16(2,3)24-15(23)18-10-14(22)20-12-6-4-11(5-7-12)19-13(21)8-9-17/h4-7H,8,10H2,1-3H3,(H,18,23)(H,19,21)(H,20,22). The summed E-state index contributed by atoms with van der Waals surface area (Å²) in [7, 11) is 0. The first-order chi connectivity index (χ1) is 11.2. The van der Waals surface area contributed by atoms with Gasteiger partial charge in [-0.25, -0.2) is 4.79 Å². The molecule has 3 N–H and O–H groups in total. The van der Waals surface area contributed by atoms with Crippen LogP contribution < -0.4 is 16.0 Å². The summed E-state index contributed by atoms with van der Waals surface area (Å²) in [4.78, 5) is 34.5. The van der Waals surface area contributed by atoms with E-state index in [1.807, 2.05) is 0 Å². The van der Waals surface area contributed by atoms with Crippen LogP contribution >= 0.6 is 0 Å². The average Bonchev–Trinajstić information content (AvgIpc) is 2.46. The van der Waals surface area contributed by atoms with Gasteiger partial charge in [-0.05, 0) is 45.0 Å². The van der Waals surface area contributed by atoms with E-state index in [0.717, 1.165) is 0 Å². The van der Waals surface area contributed by atoms with Crippen molar-refractivity contribution < 1.29 is 19.1 Å². The summed E-state index contributed by atoms with van der Waals surface area (Å²) in [5.41, 5.74) is 0.385. The van der Waals surface area contributed by atoms with E-state index in [4.69, 9.17) is 10.00 Å². The third-order valence-electron chi connectivity index (χ3n) is 2.48. The Balaban J connectivity index is 2.43. The maximum Gasteiger partial charge on any atom is 0.408 e. The quantitative estimate of drug-likeness (QED) is 0.761. The minimum absolute atomic E-state index is 0.227. The molecule has 0 aromatic heterocycles. The maximum absolute atomic E-state index is 11.7. The lowest BCUT2D eigenvalue weighted by Crippen LogP contribution is -2.37. The number of carbonyl (C=O) groups excluding carboxylic acids is 3. The molecule has 3 amide bonds. The van der Waals surface area contributed by atoms with Crippen LogP contribution in [0.15, 0.2) is 24.3 Å². The fourth-order valence-corrected chi connectivity index (χ4v) is 1.59. The van der Waals surface area contributed by atoms with Crippen LogP contribution in [0.25, 0.3) is 0 Å². The molecule has 1 rings (SSSR count). The highest BCUT2D eigenvalue weighted by atomic mass is 16.6. The van der Waals surface area contributed by atoms with Gasteiger partial charge in [-0.15, -0.1) is 0 Å². The van der Waals surface area contributed by atoms with Gasteiger partial charge in [-0.3, -0.25) is 9.59 Å². The van der Waals surface area contributed by atoms with Crippen LogP contribution in [0.2, 0.25) is 0 Å². The monoisotopic (exact) mass is 332 g/mol. The van der Waals surface area contributed by atoms with Crippen molar-refractivity contribution in [2.45, 2.75) is 32.8 Å². The molecule has 1 aromatic carbocycles. The number of benzene rings is 1. The molecule has 0 saturated carbocycles. The lowest BCUT2D eigenvalue weighted by molar-refractivity contribution is -0.116. The Bertz CT molecular complexity index is 642. The Kier molecular flexibility index (Phi) is 6.74. The van der Waals surface area contributed by atoms with Crippen molar-refractivity contribution in [2.75, 3.05) is 17.2 Å². The lowest BCUT2D eigenvalue weighted by atomic mass is 10.2. The van der Waals surface area contributed by atoms with Gasteiger partial charge < -0.3 is 20.7 Å². The van der Waals surface area contributed by atoms with E-state index < -0.39 is 23.5 Å². The Labute approximate surface area is 140 Å². The van der Waals surface area contributed by atoms with E-state index in [-0.39, 0.29) is 13.0 Å². The van der Waals surface area contributed by atoms with Gasteiger partial charge in [0.25, 0.3) is 0 Å². The molecule has 0 saturated heterocycles. The molecular formula is C16H20N4O4. The van der Waals surface area contributed by atoms with Crippen molar-refractivity contribution >= 4 is 29.3 Å². The molecule has 0 fully saturated rings. The molecule has 0 aliphatic rings. The summed E-state index contributed by atoms with van der Waals surface area (Å²) >= 11 is 0. The number of rotatable bonds is 5. The van der Waals surface area contributed by atoms with Gasteiger partial charge in [-0.1, -0.05) is 0 Å². The number of amides is 3. The van der Waals surface area contributed by atoms with Crippen LogP contribution in [-0.4, -0.2) is 30.1 Å². The normalized spacial score (nSPS) is 10.2. The number of nitrogens with one attached hydrogen (secondary N) is 3. The molecule has 0 bridgehead atoms. The number of nitrogens with zero attached hydrogens (tertiary/aromatic N) is 1. The second-order valence-electron chi connectivity index (χ2n) is 5.86. The molecule has 0 radical (unpaired) electrons. The van der Waals surface area contributed by atoms with E-state index in [9.17, 15) is 14.4 Å². The van der Waals surface area contributed by atoms with Crippen LogP contribution in [0, 0.1) is 11.3 Å². The zero-order chi connectivity index (χ0) is 18.2. The minimum atomic E-state index is -0.673. The fourth-order valence-electron chi connectivity index (χ4n) is 1.59. The summed E-state index contributed by atoms with van der Waals surface area (Å²) in [6, 6.07) is 8.11. The van der Waals surface area contributed by atoms with Gasteiger partial charge in [0.2, 0.25) is 11.8 Å². The Hall–Kier alpha value is -3.08. The number of hydrogen-bond acceptors (Lipinski definition) is 5. The van der Waals surface area contributed by atoms with Crippen LogP contribution in [0.3, 0.4) is 0 Å².